The van der Waals surface area contributed by atoms with Crippen molar-refractivity contribution in [2.45, 2.75) is 39.2 Å². The zero-order chi connectivity index (χ0) is 15.6. The van der Waals surface area contributed by atoms with Gasteiger partial charge in [0.15, 0.2) is 0 Å². The minimum atomic E-state index is -0.465. The number of halogens is 2. The summed E-state index contributed by atoms with van der Waals surface area (Å²) in [6, 6.07) is 0. The van der Waals surface area contributed by atoms with Crippen LogP contribution in [0, 0.1) is 5.92 Å². The van der Waals surface area contributed by atoms with Crippen LogP contribution in [0.1, 0.15) is 33.6 Å². The minimum Gasteiger partial charge on any atom is -0.444 e. The van der Waals surface area contributed by atoms with Crippen LogP contribution in [0.4, 0.5) is 4.79 Å². The molecule has 0 bridgehead atoms. The number of likely N-dealkylation sites (tertiary alicyclic amines) is 1. The van der Waals surface area contributed by atoms with Gasteiger partial charge in [0.1, 0.15) is 5.60 Å². The van der Waals surface area contributed by atoms with E-state index in [1.54, 1.807) is 4.90 Å². The van der Waals surface area contributed by atoms with E-state index in [0.717, 1.165) is 19.4 Å². The third-order valence-electron chi connectivity index (χ3n) is 3.00. The van der Waals surface area contributed by atoms with E-state index >= 15 is 0 Å². The second-order valence-corrected chi connectivity index (χ2v) is 7.58. The maximum atomic E-state index is 12.1. The lowest BCUT2D eigenvalue weighted by atomic mass is 10.00. The van der Waals surface area contributed by atoms with Crippen molar-refractivity contribution < 1.29 is 14.3 Å². The van der Waals surface area contributed by atoms with Crippen LogP contribution < -0.4 is 0 Å². The van der Waals surface area contributed by atoms with Crippen molar-refractivity contribution in [1.82, 2.24) is 4.90 Å². The highest BCUT2D eigenvalue weighted by molar-refractivity contribution is 9.25. The molecule has 0 aromatic rings. The largest absolute Gasteiger partial charge is 0.444 e. The molecule has 0 aliphatic carbocycles. The number of hydrogen-bond acceptors (Lipinski definition) is 4. The summed E-state index contributed by atoms with van der Waals surface area (Å²) >= 11 is 6.61. The molecule has 0 saturated carbocycles. The van der Waals surface area contributed by atoms with Crippen LogP contribution in [0.15, 0.2) is 10.2 Å². The summed E-state index contributed by atoms with van der Waals surface area (Å²) in [6.45, 7) is 6.99. The SMILES string of the molecule is CC(C)(C)OC(=O)N1CCCC(C=[N+]2N=C(Br)C(Br)=N2)C1. The second kappa shape index (κ2) is 6.56. The number of carbonyl (C=O) groups excluding carboxylic acids is 1. The summed E-state index contributed by atoms with van der Waals surface area (Å²) in [5.74, 6) is 0.220. The maximum absolute atomic E-state index is 12.1. The molecule has 2 rings (SSSR count). The first-order chi connectivity index (χ1) is 9.74. The summed E-state index contributed by atoms with van der Waals surface area (Å²) in [6.07, 6.45) is 3.64. The molecule has 1 unspecified atom stereocenters. The Morgan fingerprint density at radius 1 is 1.38 bits per heavy atom. The van der Waals surface area contributed by atoms with Gasteiger partial charge in [0.05, 0.1) is 10.7 Å². The lowest BCUT2D eigenvalue weighted by Crippen LogP contribution is -2.43. The third kappa shape index (κ3) is 4.88. The summed E-state index contributed by atoms with van der Waals surface area (Å²) in [5.41, 5.74) is -0.465. The van der Waals surface area contributed by atoms with Crippen LogP contribution in [0.2, 0.25) is 0 Å². The van der Waals surface area contributed by atoms with Gasteiger partial charge in [0, 0.05) is 23.3 Å². The molecule has 1 saturated heterocycles. The Kier molecular flexibility index (Phi) is 5.19. The molecule has 0 aromatic carbocycles. The van der Waals surface area contributed by atoms with E-state index in [1.165, 1.54) is 4.79 Å². The zero-order valence-electron chi connectivity index (χ0n) is 12.3. The van der Waals surface area contributed by atoms with Crippen molar-refractivity contribution in [3.8, 4) is 0 Å². The van der Waals surface area contributed by atoms with Gasteiger partial charge in [0.25, 0.3) is 0 Å². The molecule has 21 heavy (non-hydrogen) atoms. The predicted molar refractivity (Wildman–Crippen MR) is 89.6 cm³/mol. The normalized spacial score (nSPS) is 22.8. The predicted octanol–water partition coefficient (Wildman–Crippen LogP) is 3.15. The highest BCUT2D eigenvalue weighted by Gasteiger charge is 2.30. The van der Waals surface area contributed by atoms with Crippen molar-refractivity contribution in [2.75, 3.05) is 13.1 Å². The van der Waals surface area contributed by atoms with E-state index < -0.39 is 5.60 Å². The number of carbonyl (C=O) groups is 1. The van der Waals surface area contributed by atoms with Gasteiger partial charge in [-0.1, -0.05) is 0 Å². The second-order valence-electron chi connectivity index (χ2n) is 6.08. The molecule has 2 heterocycles. The molecule has 8 heteroatoms. The first-order valence-electron chi connectivity index (χ1n) is 6.85. The Bertz CT molecular complexity index is 503. The fourth-order valence-electron chi connectivity index (χ4n) is 2.16. The van der Waals surface area contributed by atoms with E-state index in [4.69, 9.17) is 4.74 Å². The van der Waals surface area contributed by atoms with Crippen molar-refractivity contribution in [3.63, 3.8) is 0 Å². The number of nitrogens with zero attached hydrogens (tertiary/aromatic N) is 4. The summed E-state index contributed by atoms with van der Waals surface area (Å²) in [5, 5.41) is 8.44. The smallest absolute Gasteiger partial charge is 0.410 e. The molecular weight excluding hydrogens is 404 g/mol. The average Bonchev–Trinajstić information content (AvgIpc) is 2.66. The molecule has 2 aliphatic heterocycles. The number of hydrazone groups is 2. The van der Waals surface area contributed by atoms with Crippen LogP contribution in [-0.2, 0) is 4.74 Å². The number of piperidine rings is 1. The molecule has 1 atom stereocenters. The highest BCUT2D eigenvalue weighted by atomic mass is 79.9. The molecule has 6 nitrogen and oxygen atoms in total. The quantitative estimate of drug-likeness (QED) is 0.609. The van der Waals surface area contributed by atoms with Gasteiger partial charge in [0.2, 0.25) is 15.5 Å². The van der Waals surface area contributed by atoms with Crippen LogP contribution in [0.25, 0.3) is 0 Å². The van der Waals surface area contributed by atoms with Crippen LogP contribution in [-0.4, -0.2) is 49.9 Å². The number of amides is 1. The monoisotopic (exact) mass is 421 g/mol. The minimum absolute atomic E-state index is 0.220. The van der Waals surface area contributed by atoms with Crippen molar-refractivity contribution in [1.29, 1.82) is 0 Å². The number of hydrogen-bond donors (Lipinski definition) is 0. The number of rotatable bonds is 1. The van der Waals surface area contributed by atoms with E-state index in [9.17, 15) is 4.79 Å². The average molecular weight is 423 g/mol. The van der Waals surface area contributed by atoms with Crippen LogP contribution in [0.3, 0.4) is 0 Å². The molecule has 1 fully saturated rings. The lowest BCUT2D eigenvalue weighted by Gasteiger charge is -2.31. The molecule has 0 spiro atoms. The molecular formula is C13H19Br2N4O2+. The fraction of sp³-hybridized carbons (Fsp3) is 0.692. The van der Waals surface area contributed by atoms with Crippen LogP contribution >= 0.6 is 31.9 Å². The van der Waals surface area contributed by atoms with Crippen molar-refractivity contribution in [3.05, 3.63) is 0 Å². The Morgan fingerprint density at radius 3 is 2.57 bits per heavy atom. The van der Waals surface area contributed by atoms with Gasteiger partial charge in [-0.15, -0.1) is 0 Å². The molecule has 0 aromatic heterocycles. The topological polar surface area (TPSA) is 57.3 Å². The third-order valence-corrected chi connectivity index (χ3v) is 4.60. The highest BCUT2D eigenvalue weighted by Crippen LogP contribution is 2.19. The van der Waals surface area contributed by atoms with E-state index in [-0.39, 0.29) is 12.0 Å². The van der Waals surface area contributed by atoms with Crippen molar-refractivity contribution in [2.24, 2.45) is 16.1 Å². The zero-order valence-corrected chi connectivity index (χ0v) is 15.5. The standard InChI is InChI=1S/C13H19Br2N4O2/c1-13(2,3)21-12(20)18-6-4-5-9(7-18)8-19-16-10(14)11(15)17-19/h8-9H,4-7H2,1-3H3/q+1. The summed E-state index contributed by atoms with van der Waals surface area (Å²) < 4.78 is 6.75. The Labute approximate surface area is 141 Å². The molecule has 0 radical (unpaired) electrons. The Hall–Kier alpha value is -0.760. The van der Waals surface area contributed by atoms with E-state index in [1.807, 2.05) is 27.0 Å². The van der Waals surface area contributed by atoms with Gasteiger partial charge in [-0.3, -0.25) is 0 Å². The molecule has 1 amide bonds. The van der Waals surface area contributed by atoms with Crippen LogP contribution in [0.5, 0.6) is 0 Å². The Morgan fingerprint density at radius 2 is 2.00 bits per heavy atom. The Balaban J connectivity index is 1.99. The van der Waals surface area contributed by atoms with Gasteiger partial charge < -0.3 is 9.64 Å². The van der Waals surface area contributed by atoms with Gasteiger partial charge in [-0.2, -0.15) is 0 Å². The van der Waals surface area contributed by atoms with Gasteiger partial charge >= 0.3 is 6.09 Å². The maximum Gasteiger partial charge on any atom is 0.410 e. The molecule has 2 aliphatic rings. The van der Waals surface area contributed by atoms with Gasteiger partial charge in [-0.05, 0) is 65.5 Å². The first kappa shape index (κ1) is 16.6. The van der Waals surface area contributed by atoms with E-state index in [0.29, 0.717) is 15.8 Å². The first-order valence-corrected chi connectivity index (χ1v) is 8.44. The number of ether oxygens (including phenoxy) is 1. The summed E-state index contributed by atoms with van der Waals surface area (Å²) in [4.78, 5) is 15.4. The van der Waals surface area contributed by atoms with E-state index in [2.05, 4.69) is 42.1 Å². The van der Waals surface area contributed by atoms with Crippen molar-refractivity contribution >= 4 is 53.4 Å². The summed E-state index contributed by atoms with van der Waals surface area (Å²) in [7, 11) is 0. The van der Waals surface area contributed by atoms with Gasteiger partial charge in [-0.25, -0.2) is 4.79 Å². The lowest BCUT2D eigenvalue weighted by molar-refractivity contribution is -0.531. The molecule has 0 N–H and O–H groups in total. The molecule has 116 valence electrons. The fourth-order valence-corrected chi connectivity index (χ4v) is 2.65.